The maximum atomic E-state index is 11.5. The van der Waals surface area contributed by atoms with Crippen LogP contribution in [0.5, 0.6) is 0 Å². The molecule has 1 fully saturated rings. The van der Waals surface area contributed by atoms with Crippen molar-refractivity contribution in [3.05, 3.63) is 11.6 Å². The largest absolute Gasteiger partial charge is 0.303 e. The molecule has 1 heteroatoms. The first kappa shape index (κ1) is 11.9. The Morgan fingerprint density at radius 1 is 1.38 bits per heavy atom. The molecule has 0 unspecified atom stereocenters. The van der Waals surface area contributed by atoms with Crippen LogP contribution in [0.4, 0.5) is 0 Å². The molecule has 90 valence electrons. The normalized spacial score (nSPS) is 42.1. The van der Waals surface area contributed by atoms with Crippen molar-refractivity contribution in [1.29, 1.82) is 0 Å². The Labute approximate surface area is 99.3 Å². The zero-order chi connectivity index (χ0) is 12.0. The second-order valence-electron chi connectivity index (χ2n) is 6.61. The molecule has 3 atom stereocenters. The van der Waals surface area contributed by atoms with Crippen LogP contribution in [0.3, 0.4) is 0 Å². The lowest BCUT2D eigenvalue weighted by molar-refractivity contribution is -0.121. The molecule has 0 radical (unpaired) electrons. The van der Waals surface area contributed by atoms with Crippen molar-refractivity contribution in [2.45, 2.75) is 53.4 Å². The summed E-state index contributed by atoms with van der Waals surface area (Å²) in [7, 11) is 0. The van der Waals surface area contributed by atoms with Crippen molar-refractivity contribution >= 4 is 6.29 Å². The molecule has 0 bridgehead atoms. The summed E-state index contributed by atoms with van der Waals surface area (Å²) in [5.74, 6) is 0.991. The highest BCUT2D eigenvalue weighted by atomic mass is 16.1. The molecule has 1 nitrogen and oxygen atoms in total. The number of aldehydes is 1. The van der Waals surface area contributed by atoms with E-state index in [2.05, 4.69) is 33.8 Å². The van der Waals surface area contributed by atoms with Crippen LogP contribution < -0.4 is 0 Å². The van der Waals surface area contributed by atoms with Crippen molar-refractivity contribution in [2.75, 3.05) is 0 Å². The molecule has 1 saturated carbocycles. The Balaban J connectivity index is 2.42. The third kappa shape index (κ3) is 1.56. The van der Waals surface area contributed by atoms with Gasteiger partial charge in [-0.1, -0.05) is 45.8 Å². The van der Waals surface area contributed by atoms with Gasteiger partial charge >= 0.3 is 0 Å². The maximum Gasteiger partial charge on any atom is 0.126 e. The Morgan fingerprint density at radius 2 is 2.06 bits per heavy atom. The molecule has 0 heterocycles. The van der Waals surface area contributed by atoms with Gasteiger partial charge in [-0.2, -0.15) is 0 Å². The summed E-state index contributed by atoms with van der Waals surface area (Å²) in [4.78, 5) is 11.5. The molecule has 2 aliphatic carbocycles. The number of fused-ring (bicyclic) bond motifs is 1. The lowest BCUT2D eigenvalue weighted by Gasteiger charge is -2.50. The smallest absolute Gasteiger partial charge is 0.126 e. The Morgan fingerprint density at radius 3 is 2.69 bits per heavy atom. The van der Waals surface area contributed by atoms with E-state index in [1.807, 2.05) is 0 Å². The molecule has 0 spiro atoms. The van der Waals surface area contributed by atoms with E-state index in [1.165, 1.54) is 25.5 Å². The van der Waals surface area contributed by atoms with E-state index in [-0.39, 0.29) is 5.41 Å². The van der Waals surface area contributed by atoms with Crippen LogP contribution in [-0.2, 0) is 4.79 Å². The van der Waals surface area contributed by atoms with Gasteiger partial charge in [-0.3, -0.25) is 0 Å². The Hall–Kier alpha value is -0.590. The summed E-state index contributed by atoms with van der Waals surface area (Å²) in [5, 5.41) is 0. The summed E-state index contributed by atoms with van der Waals surface area (Å²) in [6.07, 6.45) is 8.49. The van der Waals surface area contributed by atoms with Crippen LogP contribution in [0.2, 0.25) is 0 Å². The lowest BCUT2D eigenvalue weighted by Crippen LogP contribution is -2.44. The molecule has 16 heavy (non-hydrogen) atoms. The van der Waals surface area contributed by atoms with Gasteiger partial charge in [0.05, 0.1) is 0 Å². The Kier molecular flexibility index (Phi) is 2.76. The average Bonchev–Trinajstić information content (AvgIpc) is 2.23. The minimum atomic E-state index is -0.123. The molecule has 0 aromatic heterocycles. The molecule has 0 aromatic rings. The van der Waals surface area contributed by atoms with Crippen molar-refractivity contribution in [1.82, 2.24) is 0 Å². The number of rotatable bonds is 1. The molecule has 0 N–H and O–H groups in total. The summed E-state index contributed by atoms with van der Waals surface area (Å²) in [5.41, 5.74) is 1.75. The van der Waals surface area contributed by atoms with E-state index in [9.17, 15) is 4.79 Å². The van der Waals surface area contributed by atoms with Crippen molar-refractivity contribution in [3.8, 4) is 0 Å². The third-order valence-electron chi connectivity index (χ3n) is 5.21. The standard InChI is InChI=1S/C15H24O/c1-11-7-8-12-13(15(11,4)10-16)6-5-9-14(12,2)3/h8,10-11,13H,5-7,9H2,1-4H3/t11-,13+,15+/m0/s1. The number of hydrogen-bond donors (Lipinski definition) is 0. The maximum absolute atomic E-state index is 11.5. The highest BCUT2D eigenvalue weighted by molar-refractivity contribution is 5.62. The molecular weight excluding hydrogens is 196 g/mol. The van der Waals surface area contributed by atoms with Gasteiger partial charge in [-0.25, -0.2) is 0 Å². The van der Waals surface area contributed by atoms with Gasteiger partial charge in [0.25, 0.3) is 0 Å². The summed E-state index contributed by atoms with van der Waals surface area (Å²) in [6, 6.07) is 0. The van der Waals surface area contributed by atoms with E-state index in [0.29, 0.717) is 17.3 Å². The van der Waals surface area contributed by atoms with E-state index >= 15 is 0 Å². The number of allylic oxidation sites excluding steroid dienone is 2. The predicted molar refractivity (Wildman–Crippen MR) is 67.2 cm³/mol. The van der Waals surface area contributed by atoms with E-state index in [0.717, 1.165) is 6.42 Å². The molecule has 0 saturated heterocycles. The zero-order valence-electron chi connectivity index (χ0n) is 11.0. The van der Waals surface area contributed by atoms with Gasteiger partial charge in [0.1, 0.15) is 6.29 Å². The Bertz CT molecular complexity index is 326. The minimum absolute atomic E-state index is 0.123. The molecular formula is C15H24O. The van der Waals surface area contributed by atoms with Gasteiger partial charge in [-0.05, 0) is 36.5 Å². The first-order valence-corrected chi connectivity index (χ1v) is 6.58. The van der Waals surface area contributed by atoms with Crippen LogP contribution >= 0.6 is 0 Å². The van der Waals surface area contributed by atoms with Gasteiger partial charge < -0.3 is 4.79 Å². The van der Waals surface area contributed by atoms with Gasteiger partial charge in [-0.15, -0.1) is 0 Å². The van der Waals surface area contributed by atoms with Crippen molar-refractivity contribution in [3.63, 3.8) is 0 Å². The quantitative estimate of drug-likeness (QED) is 0.482. The van der Waals surface area contributed by atoms with Crippen LogP contribution in [-0.4, -0.2) is 6.29 Å². The zero-order valence-corrected chi connectivity index (χ0v) is 11.0. The second kappa shape index (κ2) is 3.72. The number of hydrogen-bond acceptors (Lipinski definition) is 1. The summed E-state index contributed by atoms with van der Waals surface area (Å²) < 4.78 is 0. The first-order valence-electron chi connectivity index (χ1n) is 6.58. The fraction of sp³-hybridized carbons (Fsp3) is 0.800. The molecule has 2 aliphatic rings. The van der Waals surface area contributed by atoms with Crippen LogP contribution in [0.1, 0.15) is 53.4 Å². The first-order chi connectivity index (χ1) is 7.42. The number of carbonyl (C=O) groups excluding carboxylic acids is 1. The molecule has 0 amide bonds. The highest BCUT2D eigenvalue weighted by Crippen LogP contribution is 2.55. The topological polar surface area (TPSA) is 17.1 Å². The predicted octanol–water partition coefficient (Wildman–Crippen LogP) is 3.98. The third-order valence-corrected chi connectivity index (χ3v) is 5.21. The monoisotopic (exact) mass is 220 g/mol. The van der Waals surface area contributed by atoms with Crippen LogP contribution in [0.15, 0.2) is 11.6 Å². The fourth-order valence-electron chi connectivity index (χ4n) is 3.68. The molecule has 2 rings (SSSR count). The number of carbonyl (C=O) groups is 1. The second-order valence-corrected chi connectivity index (χ2v) is 6.61. The van der Waals surface area contributed by atoms with E-state index in [4.69, 9.17) is 0 Å². The summed E-state index contributed by atoms with van der Waals surface area (Å²) >= 11 is 0. The molecule has 0 aliphatic heterocycles. The van der Waals surface area contributed by atoms with Crippen molar-refractivity contribution < 1.29 is 4.79 Å². The highest BCUT2D eigenvalue weighted by Gasteiger charge is 2.48. The van der Waals surface area contributed by atoms with E-state index < -0.39 is 0 Å². The van der Waals surface area contributed by atoms with Gasteiger partial charge in [0, 0.05) is 5.41 Å². The minimum Gasteiger partial charge on any atom is -0.303 e. The average molecular weight is 220 g/mol. The van der Waals surface area contributed by atoms with Gasteiger partial charge in [0.2, 0.25) is 0 Å². The van der Waals surface area contributed by atoms with Gasteiger partial charge in [0.15, 0.2) is 0 Å². The lowest BCUT2D eigenvalue weighted by atomic mass is 9.53. The van der Waals surface area contributed by atoms with Crippen LogP contribution in [0.25, 0.3) is 0 Å². The fourth-order valence-corrected chi connectivity index (χ4v) is 3.68. The van der Waals surface area contributed by atoms with Crippen molar-refractivity contribution in [2.24, 2.45) is 22.7 Å². The SMILES string of the molecule is C[C@H]1CC=C2[C@@H](CCCC2(C)C)[C@]1(C)C=O. The summed E-state index contributed by atoms with van der Waals surface area (Å²) in [6.45, 7) is 9.07. The van der Waals surface area contributed by atoms with E-state index in [1.54, 1.807) is 5.57 Å². The van der Waals surface area contributed by atoms with Crippen LogP contribution in [0, 0.1) is 22.7 Å². The molecule has 0 aromatic carbocycles.